The Morgan fingerprint density at radius 3 is 1.17 bits per heavy atom. The molecule has 0 bridgehead atoms. The first-order valence-electron chi connectivity index (χ1n) is 0.742. The van der Waals surface area contributed by atoms with Gasteiger partial charge in [0.05, 0.1) is 0 Å². The van der Waals surface area contributed by atoms with Crippen LogP contribution in [-0.2, 0) is 0 Å². The molecule has 0 aliphatic carbocycles. The van der Waals surface area contributed by atoms with Gasteiger partial charge in [-0.1, -0.05) is 0 Å². The fourth-order valence-electron chi connectivity index (χ4n) is 0. The Labute approximate surface area is 66.9 Å². The monoisotopic (exact) mass is 204 g/mol. The first-order chi connectivity index (χ1) is 1.41. The Hall–Kier alpha value is 1.25. The normalized spacial score (nSPS) is 2.00. The average Bonchev–Trinajstić information content (AvgIpc) is 0.918. The molecular formula is C2H6Cl3Ga. The minimum atomic E-state index is 0. The minimum absolute atomic E-state index is 0. The van der Waals surface area contributed by atoms with Crippen molar-refractivity contribution in [3.63, 3.8) is 0 Å². The first-order valence-corrected chi connectivity index (χ1v) is 2.14. The van der Waals surface area contributed by atoms with Gasteiger partial charge >= 0.3 is 29.8 Å². The molecule has 0 nitrogen and oxygen atoms in total. The van der Waals surface area contributed by atoms with Crippen LogP contribution in [0, 0.1) is 0 Å². The molecule has 0 N–H and O–H groups in total. The second kappa shape index (κ2) is 34.1. The second-order valence-electron chi connectivity index (χ2n) is 0.236. The third-order valence-electron chi connectivity index (χ3n) is 0. The molecule has 0 heterocycles. The standard InChI is InChI=1S/C2H3.3ClH.Ga/c1-2;;;;/h1H,2H2;3*1H;. The zero-order chi connectivity index (χ0) is 2.71. The summed E-state index contributed by atoms with van der Waals surface area (Å²) in [6.07, 6.45) is 0. The Bertz CT molecular complexity index is 16.3. The Balaban J connectivity index is -0.00000000667. The van der Waals surface area contributed by atoms with E-state index in [4.69, 9.17) is 0 Å². The largest absolute Gasteiger partial charge is 0.147 e. The summed E-state index contributed by atoms with van der Waals surface area (Å²) in [6, 6.07) is 0. The van der Waals surface area contributed by atoms with Crippen molar-refractivity contribution in [2.75, 3.05) is 0 Å². The van der Waals surface area contributed by atoms with Crippen molar-refractivity contribution in [2.24, 2.45) is 0 Å². The topological polar surface area (TPSA) is 0 Å². The van der Waals surface area contributed by atoms with Crippen LogP contribution >= 0.6 is 37.2 Å². The van der Waals surface area contributed by atoms with Gasteiger partial charge in [0.15, 0.2) is 0 Å². The molecule has 0 aliphatic heterocycles. The van der Waals surface area contributed by atoms with E-state index in [1.54, 1.807) is 18.6 Å². The molecule has 0 aromatic rings. The van der Waals surface area contributed by atoms with E-state index in [0.29, 0.717) is 0 Å². The van der Waals surface area contributed by atoms with E-state index in [2.05, 4.69) is 6.58 Å². The van der Waals surface area contributed by atoms with Gasteiger partial charge in [0.25, 0.3) is 0 Å². The molecule has 0 aromatic carbocycles. The molecule has 0 spiro atoms. The van der Waals surface area contributed by atoms with E-state index in [0.717, 1.165) is 0 Å². The predicted molar refractivity (Wildman–Crippen MR) is 37.7 cm³/mol. The van der Waals surface area contributed by atoms with Crippen molar-refractivity contribution >= 4 is 55.8 Å². The molecule has 38 valence electrons. The minimum Gasteiger partial charge on any atom is -0.147 e. The van der Waals surface area contributed by atoms with E-state index < -0.39 is 0 Å². The molecule has 4 heteroatoms. The summed E-state index contributed by atoms with van der Waals surface area (Å²) < 4.78 is 1.81. The van der Waals surface area contributed by atoms with E-state index in [-0.39, 0.29) is 37.2 Å². The van der Waals surface area contributed by atoms with Crippen LogP contribution in [0.2, 0.25) is 0 Å². The summed E-state index contributed by atoms with van der Waals surface area (Å²) in [7, 11) is 0. The molecule has 2 radical (unpaired) electrons. The van der Waals surface area contributed by atoms with Crippen LogP contribution in [0.15, 0.2) is 11.2 Å². The van der Waals surface area contributed by atoms with E-state index in [1.165, 1.54) is 0 Å². The molecule has 0 unspecified atom stereocenters. The quantitative estimate of drug-likeness (QED) is 0.528. The molecule has 0 atom stereocenters. The van der Waals surface area contributed by atoms with Crippen molar-refractivity contribution in [3.8, 4) is 0 Å². The molecule has 0 aromatic heterocycles. The molecule has 0 aliphatic rings. The van der Waals surface area contributed by atoms with Gasteiger partial charge < -0.3 is 0 Å². The number of halogens is 3. The maximum Gasteiger partial charge on any atom is -0.147 e. The number of hydrogen-bond donors (Lipinski definition) is 0. The second-order valence-corrected chi connectivity index (χ2v) is 1.22. The Kier molecular flexibility index (Phi) is 152. The fourth-order valence-corrected chi connectivity index (χ4v) is 0. The van der Waals surface area contributed by atoms with Gasteiger partial charge in [-0.05, 0) is 0 Å². The summed E-state index contributed by atoms with van der Waals surface area (Å²) >= 11 is 1.55. The van der Waals surface area contributed by atoms with Gasteiger partial charge in [-0.2, -0.15) is 0 Å². The Morgan fingerprint density at radius 1 is 1.17 bits per heavy atom. The third kappa shape index (κ3) is 60.9. The van der Waals surface area contributed by atoms with Crippen molar-refractivity contribution < 1.29 is 0 Å². The van der Waals surface area contributed by atoms with Crippen molar-refractivity contribution in [1.82, 2.24) is 0 Å². The molecule has 0 rings (SSSR count). The summed E-state index contributed by atoms with van der Waals surface area (Å²) in [5.41, 5.74) is 0. The molecule has 0 amide bonds. The van der Waals surface area contributed by atoms with E-state index in [9.17, 15) is 0 Å². The van der Waals surface area contributed by atoms with Crippen LogP contribution in [0.1, 0.15) is 0 Å². The van der Waals surface area contributed by atoms with Crippen molar-refractivity contribution in [1.29, 1.82) is 0 Å². The smallest absolute Gasteiger partial charge is 0.147 e. The maximum atomic E-state index is 3.39. The number of hydrogen-bond acceptors (Lipinski definition) is 0. The van der Waals surface area contributed by atoms with Gasteiger partial charge in [-0.25, -0.2) is 0 Å². The van der Waals surface area contributed by atoms with Gasteiger partial charge in [-0.3, -0.25) is 0 Å². The third-order valence-corrected chi connectivity index (χ3v) is 0. The molecular weight excluding hydrogens is 200 g/mol. The summed E-state index contributed by atoms with van der Waals surface area (Å²) in [5.74, 6) is 0. The van der Waals surface area contributed by atoms with Crippen LogP contribution in [-0.4, -0.2) is 18.6 Å². The maximum absolute atomic E-state index is 3.39. The first kappa shape index (κ1) is 26.8. The SMILES string of the molecule is C=[CH][Ga].Cl.Cl.Cl. The molecule has 0 saturated carbocycles. The zero-order valence-electron chi connectivity index (χ0n) is 3.09. The van der Waals surface area contributed by atoms with Crippen LogP contribution < -0.4 is 0 Å². The number of rotatable bonds is 0. The molecule has 6 heavy (non-hydrogen) atoms. The Morgan fingerprint density at radius 2 is 1.17 bits per heavy atom. The zero-order valence-corrected chi connectivity index (χ0v) is 7.96. The van der Waals surface area contributed by atoms with E-state index in [1.807, 2.05) is 4.63 Å². The van der Waals surface area contributed by atoms with Crippen LogP contribution in [0.4, 0.5) is 0 Å². The molecule has 0 saturated heterocycles. The van der Waals surface area contributed by atoms with Crippen molar-refractivity contribution in [3.05, 3.63) is 11.2 Å². The van der Waals surface area contributed by atoms with Crippen molar-refractivity contribution in [2.45, 2.75) is 0 Å². The van der Waals surface area contributed by atoms with Gasteiger partial charge in [0.1, 0.15) is 0 Å². The van der Waals surface area contributed by atoms with Crippen LogP contribution in [0.3, 0.4) is 0 Å². The summed E-state index contributed by atoms with van der Waals surface area (Å²) in [5, 5.41) is 0. The van der Waals surface area contributed by atoms with Gasteiger partial charge in [-0.15, -0.1) is 37.2 Å². The summed E-state index contributed by atoms with van der Waals surface area (Å²) in [4.78, 5) is 0. The fraction of sp³-hybridized carbons (Fsp3) is 0. The predicted octanol–water partition coefficient (Wildman–Crippen LogP) is 1.56. The average molecular weight is 206 g/mol. The van der Waals surface area contributed by atoms with E-state index >= 15 is 0 Å². The van der Waals surface area contributed by atoms with Crippen LogP contribution in [0.25, 0.3) is 0 Å². The van der Waals surface area contributed by atoms with Gasteiger partial charge in [0, 0.05) is 0 Å². The van der Waals surface area contributed by atoms with Crippen LogP contribution in [0.5, 0.6) is 0 Å². The summed E-state index contributed by atoms with van der Waals surface area (Å²) in [6.45, 7) is 3.39. The van der Waals surface area contributed by atoms with Gasteiger partial charge in [0.2, 0.25) is 0 Å². The molecule has 0 fully saturated rings.